The smallest absolute Gasteiger partial charge is 0.238 e. The minimum atomic E-state index is -3.72. The lowest BCUT2D eigenvalue weighted by atomic mass is 10.0. The topological polar surface area (TPSA) is 85.0 Å². The van der Waals surface area contributed by atoms with Crippen LogP contribution in [0.25, 0.3) is 0 Å². The molecule has 0 bridgehead atoms. The van der Waals surface area contributed by atoms with Crippen LogP contribution in [0.15, 0.2) is 76.0 Å². The van der Waals surface area contributed by atoms with Crippen LogP contribution in [0.1, 0.15) is 22.9 Å². The summed E-state index contributed by atoms with van der Waals surface area (Å²) in [5.41, 5.74) is 2.82. The third-order valence-electron chi connectivity index (χ3n) is 4.64. The third kappa shape index (κ3) is 3.66. The SMILES string of the molecule is COc1ccc(C2=NN(c3ccc(S(N)(=O)=O)cc3)C(c3cccs3)C2)cc1. The normalized spacial score (nSPS) is 16.9. The second-order valence-corrected chi connectivity index (χ2v) is 8.93. The molecule has 8 heteroatoms. The Morgan fingerprint density at radius 2 is 1.82 bits per heavy atom. The van der Waals surface area contributed by atoms with Gasteiger partial charge in [-0.2, -0.15) is 5.10 Å². The Balaban J connectivity index is 1.71. The van der Waals surface area contributed by atoms with E-state index in [-0.39, 0.29) is 10.9 Å². The summed E-state index contributed by atoms with van der Waals surface area (Å²) in [7, 11) is -2.08. The molecule has 3 aromatic rings. The average Bonchev–Trinajstić information content (AvgIpc) is 3.37. The van der Waals surface area contributed by atoms with E-state index < -0.39 is 10.0 Å². The van der Waals surface area contributed by atoms with Gasteiger partial charge < -0.3 is 4.74 Å². The van der Waals surface area contributed by atoms with Gasteiger partial charge in [0.1, 0.15) is 5.75 Å². The largest absolute Gasteiger partial charge is 0.497 e. The molecule has 4 rings (SSSR count). The number of thiophene rings is 1. The van der Waals surface area contributed by atoms with E-state index in [9.17, 15) is 8.42 Å². The Morgan fingerprint density at radius 3 is 2.39 bits per heavy atom. The molecule has 0 spiro atoms. The van der Waals surface area contributed by atoms with Crippen LogP contribution in [-0.2, 0) is 10.0 Å². The number of hydrogen-bond donors (Lipinski definition) is 1. The molecule has 0 radical (unpaired) electrons. The van der Waals surface area contributed by atoms with Crippen LogP contribution in [0.5, 0.6) is 5.75 Å². The zero-order valence-electron chi connectivity index (χ0n) is 15.1. The van der Waals surface area contributed by atoms with Crippen molar-refractivity contribution < 1.29 is 13.2 Å². The number of primary sulfonamides is 1. The number of nitrogens with zero attached hydrogens (tertiary/aromatic N) is 2. The molecule has 0 saturated carbocycles. The van der Waals surface area contributed by atoms with Gasteiger partial charge >= 0.3 is 0 Å². The van der Waals surface area contributed by atoms with Gasteiger partial charge in [-0.15, -0.1) is 11.3 Å². The Labute approximate surface area is 167 Å². The minimum Gasteiger partial charge on any atom is -0.497 e. The van der Waals surface area contributed by atoms with Crippen molar-refractivity contribution in [1.82, 2.24) is 0 Å². The maximum atomic E-state index is 11.5. The van der Waals surface area contributed by atoms with Crippen LogP contribution in [0.3, 0.4) is 0 Å². The molecular formula is C20H19N3O3S2. The molecule has 0 aliphatic carbocycles. The maximum absolute atomic E-state index is 11.5. The van der Waals surface area contributed by atoms with E-state index in [1.165, 1.54) is 17.0 Å². The molecule has 1 atom stereocenters. The van der Waals surface area contributed by atoms with E-state index in [1.807, 2.05) is 40.7 Å². The standard InChI is InChI=1S/C20H19N3O3S2/c1-26-16-8-4-14(5-9-16)18-13-19(20-3-2-12-27-20)23(22-18)15-6-10-17(11-7-15)28(21,24)25/h2-12,19H,13H2,1H3,(H2,21,24,25). The highest BCUT2D eigenvalue weighted by atomic mass is 32.2. The predicted octanol–water partition coefficient (Wildman–Crippen LogP) is 3.76. The molecule has 28 heavy (non-hydrogen) atoms. The van der Waals surface area contributed by atoms with Gasteiger partial charge in [0.05, 0.1) is 29.4 Å². The molecular weight excluding hydrogens is 394 g/mol. The van der Waals surface area contributed by atoms with Crippen LogP contribution in [0.4, 0.5) is 5.69 Å². The molecule has 1 aromatic heterocycles. The number of hydrogen-bond acceptors (Lipinski definition) is 6. The molecule has 1 aliphatic rings. The Morgan fingerprint density at radius 1 is 1.11 bits per heavy atom. The lowest BCUT2D eigenvalue weighted by Crippen LogP contribution is -2.18. The summed E-state index contributed by atoms with van der Waals surface area (Å²) in [6, 6.07) is 18.5. The quantitative estimate of drug-likeness (QED) is 0.690. The Kier molecular flexibility index (Phi) is 4.92. The molecule has 2 heterocycles. The van der Waals surface area contributed by atoms with Gasteiger partial charge in [-0.05, 0) is 65.5 Å². The van der Waals surface area contributed by atoms with Crippen LogP contribution < -0.4 is 14.9 Å². The Bertz CT molecular complexity index is 1090. The highest BCUT2D eigenvalue weighted by Gasteiger charge is 2.30. The number of ether oxygens (including phenoxy) is 1. The molecule has 6 nitrogen and oxygen atoms in total. The highest BCUT2D eigenvalue weighted by molar-refractivity contribution is 7.89. The van der Waals surface area contributed by atoms with Crippen molar-refractivity contribution in [3.8, 4) is 5.75 Å². The van der Waals surface area contributed by atoms with E-state index in [0.29, 0.717) is 0 Å². The van der Waals surface area contributed by atoms with Crippen molar-refractivity contribution in [3.63, 3.8) is 0 Å². The first-order valence-electron chi connectivity index (χ1n) is 8.63. The van der Waals surface area contributed by atoms with Crippen molar-refractivity contribution in [3.05, 3.63) is 76.5 Å². The molecule has 1 unspecified atom stereocenters. The number of rotatable bonds is 5. The maximum Gasteiger partial charge on any atom is 0.238 e. The fourth-order valence-electron chi connectivity index (χ4n) is 3.20. The lowest BCUT2D eigenvalue weighted by molar-refractivity contribution is 0.415. The number of hydrazone groups is 1. The summed E-state index contributed by atoms with van der Waals surface area (Å²) in [6.45, 7) is 0. The van der Waals surface area contributed by atoms with Crippen LogP contribution >= 0.6 is 11.3 Å². The molecule has 0 amide bonds. The van der Waals surface area contributed by atoms with Crippen LogP contribution in [-0.4, -0.2) is 21.2 Å². The van der Waals surface area contributed by atoms with Gasteiger partial charge in [0.15, 0.2) is 0 Å². The van der Waals surface area contributed by atoms with Crippen molar-refractivity contribution in [2.24, 2.45) is 10.2 Å². The molecule has 1 aliphatic heterocycles. The third-order valence-corrected chi connectivity index (χ3v) is 6.54. The average molecular weight is 414 g/mol. The number of sulfonamides is 1. The number of benzene rings is 2. The highest BCUT2D eigenvalue weighted by Crippen LogP contribution is 2.38. The van der Waals surface area contributed by atoms with Gasteiger partial charge in [-0.3, -0.25) is 5.01 Å². The summed E-state index contributed by atoms with van der Waals surface area (Å²) >= 11 is 1.68. The van der Waals surface area contributed by atoms with Crippen molar-refractivity contribution in [1.29, 1.82) is 0 Å². The van der Waals surface area contributed by atoms with E-state index in [1.54, 1.807) is 30.6 Å². The second kappa shape index (κ2) is 7.38. The fourth-order valence-corrected chi connectivity index (χ4v) is 4.52. The summed E-state index contributed by atoms with van der Waals surface area (Å²) in [4.78, 5) is 1.28. The van der Waals surface area contributed by atoms with E-state index in [0.717, 1.165) is 29.1 Å². The second-order valence-electron chi connectivity index (χ2n) is 6.39. The summed E-state index contributed by atoms with van der Waals surface area (Å²) < 4.78 is 28.3. The number of nitrogens with two attached hydrogens (primary N) is 1. The van der Waals surface area contributed by atoms with E-state index >= 15 is 0 Å². The minimum absolute atomic E-state index is 0.0532. The van der Waals surface area contributed by atoms with E-state index in [2.05, 4.69) is 6.07 Å². The first-order chi connectivity index (χ1) is 13.5. The molecule has 144 valence electrons. The van der Waals surface area contributed by atoms with Gasteiger partial charge in [-0.1, -0.05) is 6.07 Å². The summed E-state index contributed by atoms with van der Waals surface area (Å²) in [5, 5.41) is 14.0. The van der Waals surface area contributed by atoms with Gasteiger partial charge in [0, 0.05) is 11.3 Å². The van der Waals surface area contributed by atoms with E-state index in [4.69, 9.17) is 15.0 Å². The number of anilines is 1. The molecule has 2 aromatic carbocycles. The fraction of sp³-hybridized carbons (Fsp3) is 0.150. The first-order valence-corrected chi connectivity index (χ1v) is 11.1. The van der Waals surface area contributed by atoms with Crippen LogP contribution in [0, 0.1) is 0 Å². The van der Waals surface area contributed by atoms with Crippen molar-refractivity contribution >= 4 is 32.8 Å². The molecule has 2 N–H and O–H groups in total. The summed E-state index contributed by atoms with van der Waals surface area (Å²) in [5.74, 6) is 0.799. The first kappa shape index (κ1) is 18.7. The van der Waals surface area contributed by atoms with Crippen LogP contribution in [0.2, 0.25) is 0 Å². The molecule has 0 saturated heterocycles. The zero-order valence-corrected chi connectivity index (χ0v) is 16.8. The monoisotopic (exact) mass is 413 g/mol. The van der Waals surface area contributed by atoms with Crippen molar-refractivity contribution in [2.75, 3.05) is 12.1 Å². The van der Waals surface area contributed by atoms with Gasteiger partial charge in [-0.25, -0.2) is 13.6 Å². The Hall–Kier alpha value is -2.68. The zero-order chi connectivity index (χ0) is 19.7. The molecule has 0 fully saturated rings. The lowest BCUT2D eigenvalue weighted by Gasteiger charge is -2.22. The van der Waals surface area contributed by atoms with Gasteiger partial charge in [0.2, 0.25) is 10.0 Å². The predicted molar refractivity (Wildman–Crippen MR) is 112 cm³/mol. The summed E-state index contributed by atoms with van der Waals surface area (Å²) in [6.07, 6.45) is 0.754. The number of methoxy groups -OCH3 is 1. The van der Waals surface area contributed by atoms with Crippen molar-refractivity contribution in [2.45, 2.75) is 17.4 Å². The van der Waals surface area contributed by atoms with Gasteiger partial charge in [0.25, 0.3) is 0 Å².